The first-order valence-electron chi connectivity index (χ1n) is 4.71. The van der Waals surface area contributed by atoms with Crippen LogP contribution >= 0.6 is 11.6 Å². The van der Waals surface area contributed by atoms with Crippen LogP contribution < -0.4 is 0 Å². The number of rotatable bonds is 1. The Morgan fingerprint density at radius 3 is 2.93 bits per heavy atom. The summed E-state index contributed by atoms with van der Waals surface area (Å²) in [4.78, 5) is 4.04. The summed E-state index contributed by atoms with van der Waals surface area (Å²) in [7, 11) is 0. The summed E-state index contributed by atoms with van der Waals surface area (Å²) >= 11 is 5.98. The van der Waals surface area contributed by atoms with Crippen LogP contribution in [0.25, 0.3) is 5.57 Å². The molecule has 0 amide bonds. The maximum Gasteiger partial charge on any atom is 0.0953 e. The number of allylic oxidation sites excluding steroid dienone is 4. The third-order valence-corrected chi connectivity index (χ3v) is 2.65. The first kappa shape index (κ1) is 9.95. The van der Waals surface area contributed by atoms with Crippen LogP contribution in [-0.2, 0) is 0 Å². The molecule has 3 heteroatoms. The van der Waals surface area contributed by atoms with Gasteiger partial charge in [0, 0.05) is 28.6 Å². The van der Waals surface area contributed by atoms with Gasteiger partial charge in [0.05, 0.1) is 6.07 Å². The second kappa shape index (κ2) is 4.29. The van der Waals surface area contributed by atoms with Crippen molar-refractivity contribution >= 4 is 17.2 Å². The summed E-state index contributed by atoms with van der Waals surface area (Å²) in [5.74, 6) is 0. The van der Waals surface area contributed by atoms with Crippen molar-refractivity contribution in [3.63, 3.8) is 0 Å². The molecule has 15 heavy (non-hydrogen) atoms. The van der Waals surface area contributed by atoms with Crippen molar-refractivity contribution in [3.8, 4) is 6.07 Å². The van der Waals surface area contributed by atoms with Gasteiger partial charge in [-0.3, -0.25) is 4.98 Å². The van der Waals surface area contributed by atoms with Crippen molar-refractivity contribution in [1.29, 1.82) is 5.26 Å². The lowest BCUT2D eigenvalue weighted by atomic mass is 9.94. The molecule has 2 nitrogen and oxygen atoms in total. The minimum atomic E-state index is 0.718. The molecule has 0 atom stereocenters. The highest BCUT2D eigenvalue weighted by molar-refractivity contribution is 6.30. The number of nitriles is 1. The van der Waals surface area contributed by atoms with E-state index in [1.54, 1.807) is 12.4 Å². The van der Waals surface area contributed by atoms with Gasteiger partial charge in [0.2, 0.25) is 0 Å². The highest BCUT2D eigenvalue weighted by Crippen LogP contribution is 2.31. The lowest BCUT2D eigenvalue weighted by molar-refractivity contribution is 0.982. The molecule has 74 valence electrons. The van der Waals surface area contributed by atoms with Gasteiger partial charge in [-0.1, -0.05) is 17.7 Å². The first-order chi connectivity index (χ1) is 7.31. The van der Waals surface area contributed by atoms with Crippen molar-refractivity contribution in [2.24, 2.45) is 0 Å². The predicted octanol–water partition coefficient (Wildman–Crippen LogP) is 3.28. The summed E-state index contributed by atoms with van der Waals surface area (Å²) in [6, 6.07) is 6.01. The molecular formula is C12H9ClN2. The van der Waals surface area contributed by atoms with Gasteiger partial charge in [0.1, 0.15) is 0 Å². The minimum Gasteiger partial charge on any atom is -0.264 e. The van der Waals surface area contributed by atoms with Crippen LogP contribution in [0.2, 0.25) is 0 Å². The Kier molecular flexibility index (Phi) is 2.84. The van der Waals surface area contributed by atoms with Crippen LogP contribution in [0.4, 0.5) is 0 Å². The van der Waals surface area contributed by atoms with E-state index in [2.05, 4.69) is 11.1 Å². The van der Waals surface area contributed by atoms with Crippen LogP contribution in [0.3, 0.4) is 0 Å². The highest BCUT2D eigenvalue weighted by Gasteiger charge is 2.13. The molecule has 0 spiro atoms. The molecule has 0 fully saturated rings. The van der Waals surface area contributed by atoms with Gasteiger partial charge in [0.25, 0.3) is 0 Å². The predicted molar refractivity (Wildman–Crippen MR) is 59.9 cm³/mol. The Bertz CT molecular complexity index is 466. The Morgan fingerprint density at radius 2 is 2.27 bits per heavy atom. The smallest absolute Gasteiger partial charge is 0.0953 e. The van der Waals surface area contributed by atoms with Crippen molar-refractivity contribution in [1.82, 2.24) is 4.98 Å². The van der Waals surface area contributed by atoms with Crippen LogP contribution in [-0.4, -0.2) is 4.98 Å². The Morgan fingerprint density at radius 1 is 1.40 bits per heavy atom. The molecule has 0 saturated carbocycles. The van der Waals surface area contributed by atoms with E-state index in [0.29, 0.717) is 0 Å². The molecule has 2 rings (SSSR count). The zero-order chi connectivity index (χ0) is 10.7. The van der Waals surface area contributed by atoms with E-state index in [1.807, 2.05) is 18.2 Å². The van der Waals surface area contributed by atoms with Gasteiger partial charge < -0.3 is 0 Å². The highest BCUT2D eigenvalue weighted by atomic mass is 35.5. The number of hydrogen-bond donors (Lipinski definition) is 0. The van der Waals surface area contributed by atoms with Gasteiger partial charge in [-0.2, -0.15) is 5.26 Å². The summed E-state index contributed by atoms with van der Waals surface area (Å²) in [5, 5.41) is 9.81. The van der Waals surface area contributed by atoms with Gasteiger partial charge >= 0.3 is 0 Å². The molecule has 1 aromatic rings. The van der Waals surface area contributed by atoms with Crippen LogP contribution in [0, 0.1) is 11.3 Å². The Hall–Kier alpha value is -1.59. The molecule has 0 aliphatic heterocycles. The molecule has 0 radical (unpaired) electrons. The fraction of sp³-hybridized carbons (Fsp3) is 0.167. The standard InChI is InChI=1S/C12H9ClN2/c13-11-4-3-9(7-14)12(6-11)10-2-1-5-15-8-10/h1-2,5-6,8H,3-4H2. The lowest BCUT2D eigenvalue weighted by Crippen LogP contribution is -1.95. The van der Waals surface area contributed by atoms with Gasteiger partial charge in [-0.25, -0.2) is 0 Å². The van der Waals surface area contributed by atoms with E-state index >= 15 is 0 Å². The normalized spacial score (nSPS) is 15.9. The van der Waals surface area contributed by atoms with Crippen LogP contribution in [0.1, 0.15) is 18.4 Å². The van der Waals surface area contributed by atoms with Crippen molar-refractivity contribution in [2.75, 3.05) is 0 Å². The molecule has 1 heterocycles. The number of nitrogens with zero attached hydrogens (tertiary/aromatic N) is 2. The summed E-state index contributed by atoms with van der Waals surface area (Å²) in [6.07, 6.45) is 6.80. The third-order valence-electron chi connectivity index (χ3n) is 2.35. The fourth-order valence-corrected chi connectivity index (χ4v) is 1.79. The number of aromatic nitrogens is 1. The van der Waals surface area contributed by atoms with Crippen molar-refractivity contribution in [2.45, 2.75) is 12.8 Å². The monoisotopic (exact) mass is 216 g/mol. The molecule has 0 N–H and O–H groups in total. The zero-order valence-electron chi connectivity index (χ0n) is 8.07. The SMILES string of the molecule is N#CC1=C(c2cccnc2)C=C(Cl)CC1. The number of hydrogen-bond acceptors (Lipinski definition) is 2. The molecule has 0 bridgehead atoms. The molecule has 0 unspecified atom stereocenters. The van der Waals surface area contributed by atoms with E-state index in [-0.39, 0.29) is 0 Å². The molecule has 1 aliphatic carbocycles. The lowest BCUT2D eigenvalue weighted by Gasteiger charge is -2.12. The van der Waals surface area contributed by atoms with Gasteiger partial charge in [0.15, 0.2) is 0 Å². The van der Waals surface area contributed by atoms with Crippen molar-refractivity contribution in [3.05, 3.63) is 46.8 Å². The number of halogens is 1. The third kappa shape index (κ3) is 2.08. The van der Waals surface area contributed by atoms with E-state index in [1.165, 1.54) is 0 Å². The second-order valence-electron chi connectivity index (χ2n) is 3.34. The zero-order valence-corrected chi connectivity index (χ0v) is 8.83. The Labute approximate surface area is 93.5 Å². The van der Waals surface area contributed by atoms with Gasteiger partial charge in [-0.05, 0) is 30.6 Å². The fourth-order valence-electron chi connectivity index (χ4n) is 1.59. The van der Waals surface area contributed by atoms with E-state index in [9.17, 15) is 0 Å². The molecule has 1 aromatic heterocycles. The molecular weight excluding hydrogens is 208 g/mol. The quantitative estimate of drug-likeness (QED) is 0.723. The van der Waals surface area contributed by atoms with Gasteiger partial charge in [-0.15, -0.1) is 0 Å². The van der Waals surface area contributed by atoms with Crippen LogP contribution in [0.15, 0.2) is 41.2 Å². The average molecular weight is 217 g/mol. The van der Waals surface area contributed by atoms with E-state index < -0.39 is 0 Å². The van der Waals surface area contributed by atoms with E-state index in [4.69, 9.17) is 16.9 Å². The number of pyridine rings is 1. The minimum absolute atomic E-state index is 0.718. The molecule has 1 aliphatic rings. The maximum absolute atomic E-state index is 9.01. The average Bonchev–Trinajstić information content (AvgIpc) is 2.30. The van der Waals surface area contributed by atoms with Crippen molar-refractivity contribution < 1.29 is 0 Å². The topological polar surface area (TPSA) is 36.7 Å². The summed E-state index contributed by atoms with van der Waals surface area (Å²) < 4.78 is 0. The maximum atomic E-state index is 9.01. The largest absolute Gasteiger partial charge is 0.264 e. The summed E-state index contributed by atoms with van der Waals surface area (Å²) in [5.41, 5.74) is 2.64. The molecule has 0 aromatic carbocycles. The summed E-state index contributed by atoms with van der Waals surface area (Å²) in [6.45, 7) is 0. The van der Waals surface area contributed by atoms with E-state index in [0.717, 1.165) is 34.6 Å². The van der Waals surface area contributed by atoms with Crippen LogP contribution in [0.5, 0.6) is 0 Å². The Balaban J connectivity index is 2.51. The molecule has 0 saturated heterocycles. The second-order valence-corrected chi connectivity index (χ2v) is 3.82. The first-order valence-corrected chi connectivity index (χ1v) is 5.09.